The first kappa shape index (κ1) is 15.0. The maximum atomic E-state index is 14.3. The Labute approximate surface area is 121 Å². The van der Waals surface area contributed by atoms with Crippen LogP contribution in [-0.4, -0.2) is 14.2 Å². The van der Waals surface area contributed by atoms with Gasteiger partial charge in [0, 0.05) is 11.6 Å². The van der Waals surface area contributed by atoms with Crippen LogP contribution in [-0.2, 0) is 0 Å². The maximum absolute atomic E-state index is 14.3. The molecule has 110 valence electrons. The van der Waals surface area contributed by atoms with Gasteiger partial charge in [0.05, 0.1) is 13.2 Å². The molecule has 3 heteroatoms. The smallest absolute Gasteiger partial charge is 0.132 e. The summed E-state index contributed by atoms with van der Waals surface area (Å²) in [6, 6.07) is 5.09. The second-order valence-corrected chi connectivity index (χ2v) is 5.34. The topological polar surface area (TPSA) is 21.3 Å². The predicted molar refractivity (Wildman–Crippen MR) is 80.5 cm³/mol. The largest absolute Gasteiger partial charge is 0.497 e. The van der Waals surface area contributed by atoms with Gasteiger partial charge in [-0.3, -0.25) is 0 Å². The molecule has 0 amide bonds. The lowest BCUT2D eigenvalue weighted by atomic mass is 9.90. The molecule has 20 heavy (non-hydrogen) atoms. The number of nitrogens with one attached hydrogen (secondary N) is 1. The molecule has 2 rings (SSSR count). The van der Waals surface area contributed by atoms with E-state index in [-0.39, 0.29) is 11.9 Å². The van der Waals surface area contributed by atoms with Crippen LogP contribution in [0.5, 0.6) is 5.75 Å². The highest BCUT2D eigenvalue weighted by molar-refractivity contribution is 5.35. The molecule has 1 atom stereocenters. The van der Waals surface area contributed by atoms with E-state index in [9.17, 15) is 4.39 Å². The number of ether oxygens (including phenoxy) is 1. The van der Waals surface area contributed by atoms with Crippen LogP contribution in [0.1, 0.15) is 50.1 Å². The Kier molecular flexibility index (Phi) is 5.60. The molecule has 1 aliphatic carbocycles. The summed E-state index contributed by atoms with van der Waals surface area (Å²) < 4.78 is 19.3. The van der Waals surface area contributed by atoms with Gasteiger partial charge in [-0.15, -0.1) is 0 Å². The van der Waals surface area contributed by atoms with Crippen LogP contribution in [0.15, 0.2) is 29.8 Å². The molecule has 0 saturated carbocycles. The zero-order valence-electron chi connectivity index (χ0n) is 12.4. The van der Waals surface area contributed by atoms with Crippen LogP contribution in [0, 0.1) is 5.82 Å². The Morgan fingerprint density at radius 2 is 2.00 bits per heavy atom. The molecule has 0 radical (unpaired) electrons. The number of methoxy groups -OCH3 is 1. The minimum atomic E-state index is -0.202. The number of allylic oxidation sites excluding steroid dienone is 1. The van der Waals surface area contributed by atoms with E-state index in [1.54, 1.807) is 7.11 Å². The van der Waals surface area contributed by atoms with Gasteiger partial charge in [0.15, 0.2) is 0 Å². The van der Waals surface area contributed by atoms with E-state index in [0.717, 1.165) is 12.8 Å². The highest BCUT2D eigenvalue weighted by Crippen LogP contribution is 2.31. The summed E-state index contributed by atoms with van der Waals surface area (Å²) in [5, 5.41) is 3.27. The summed E-state index contributed by atoms with van der Waals surface area (Å²) >= 11 is 0. The highest BCUT2D eigenvalue weighted by Gasteiger charge is 2.19. The fraction of sp³-hybridized carbons (Fsp3) is 0.529. The number of benzene rings is 1. The molecule has 0 spiro atoms. The van der Waals surface area contributed by atoms with E-state index in [4.69, 9.17) is 4.74 Å². The van der Waals surface area contributed by atoms with Crippen molar-refractivity contribution in [1.29, 1.82) is 0 Å². The van der Waals surface area contributed by atoms with Gasteiger partial charge in [-0.1, -0.05) is 30.6 Å². The molecule has 0 saturated heterocycles. The lowest BCUT2D eigenvalue weighted by molar-refractivity contribution is 0.410. The van der Waals surface area contributed by atoms with Gasteiger partial charge in [-0.25, -0.2) is 4.39 Å². The highest BCUT2D eigenvalue weighted by atomic mass is 19.1. The number of likely N-dealkylation sites (N-methyl/N-ethyl adjacent to an activating group) is 1. The monoisotopic (exact) mass is 277 g/mol. The van der Waals surface area contributed by atoms with Gasteiger partial charge in [0.25, 0.3) is 0 Å². The third kappa shape index (κ3) is 3.60. The Morgan fingerprint density at radius 1 is 1.20 bits per heavy atom. The van der Waals surface area contributed by atoms with Crippen molar-refractivity contribution in [2.45, 2.75) is 44.6 Å². The van der Waals surface area contributed by atoms with Gasteiger partial charge < -0.3 is 10.1 Å². The second kappa shape index (κ2) is 7.44. The summed E-state index contributed by atoms with van der Waals surface area (Å²) in [5.74, 6) is 0.361. The predicted octanol–water partition coefficient (Wildman–Crippen LogP) is 4.38. The van der Waals surface area contributed by atoms with E-state index in [1.165, 1.54) is 37.3 Å². The molecule has 0 fully saturated rings. The van der Waals surface area contributed by atoms with Crippen LogP contribution >= 0.6 is 0 Å². The van der Waals surface area contributed by atoms with Crippen molar-refractivity contribution in [3.05, 3.63) is 41.2 Å². The first-order valence-electron chi connectivity index (χ1n) is 7.46. The van der Waals surface area contributed by atoms with Gasteiger partial charge >= 0.3 is 0 Å². The van der Waals surface area contributed by atoms with E-state index in [1.807, 2.05) is 19.2 Å². The molecule has 0 aromatic heterocycles. The summed E-state index contributed by atoms with van der Waals surface area (Å²) in [4.78, 5) is 0. The van der Waals surface area contributed by atoms with Crippen molar-refractivity contribution < 1.29 is 9.13 Å². The van der Waals surface area contributed by atoms with Crippen molar-refractivity contribution in [2.24, 2.45) is 0 Å². The van der Waals surface area contributed by atoms with Crippen LogP contribution in [0.25, 0.3) is 0 Å². The summed E-state index contributed by atoms with van der Waals surface area (Å²) in [6.07, 6.45) is 9.48. The van der Waals surface area contributed by atoms with Crippen LogP contribution in [0.4, 0.5) is 4.39 Å². The average molecular weight is 277 g/mol. The molecule has 1 unspecified atom stereocenters. The summed E-state index contributed by atoms with van der Waals surface area (Å²) in [5.41, 5.74) is 2.02. The zero-order valence-corrected chi connectivity index (χ0v) is 12.4. The van der Waals surface area contributed by atoms with Crippen LogP contribution in [0.2, 0.25) is 0 Å². The first-order valence-corrected chi connectivity index (χ1v) is 7.46. The molecular weight excluding hydrogens is 253 g/mol. The Hall–Kier alpha value is -1.35. The summed E-state index contributed by atoms with van der Waals surface area (Å²) in [7, 11) is 3.45. The standard InChI is InChI=1S/C17H24FNO/c1-19-17(13-8-6-4-3-5-7-9-13)15-11-10-14(20-2)12-16(15)18/h8,10-12,17,19H,3-7,9H2,1-2H3/b13-8+. The first-order chi connectivity index (χ1) is 9.76. The minimum Gasteiger partial charge on any atom is -0.497 e. The van der Waals surface area contributed by atoms with Crippen molar-refractivity contribution >= 4 is 0 Å². The summed E-state index contributed by atoms with van der Waals surface area (Å²) in [6.45, 7) is 0. The molecule has 1 aromatic carbocycles. The molecule has 0 aliphatic heterocycles. The lowest BCUT2D eigenvalue weighted by Gasteiger charge is -2.23. The SMILES string of the molecule is CNC(/C1=C/CCCCCC1)c1ccc(OC)cc1F. The Balaban J connectivity index is 2.26. The molecule has 0 heterocycles. The van der Waals surface area contributed by atoms with E-state index in [0.29, 0.717) is 11.3 Å². The maximum Gasteiger partial charge on any atom is 0.132 e. The zero-order chi connectivity index (χ0) is 14.4. The van der Waals surface area contributed by atoms with Crippen molar-refractivity contribution in [2.75, 3.05) is 14.2 Å². The molecular formula is C17H24FNO. The number of halogens is 1. The second-order valence-electron chi connectivity index (χ2n) is 5.34. The van der Waals surface area contributed by atoms with Crippen molar-refractivity contribution in [3.8, 4) is 5.75 Å². The lowest BCUT2D eigenvalue weighted by Crippen LogP contribution is -2.20. The van der Waals surface area contributed by atoms with E-state index >= 15 is 0 Å². The minimum absolute atomic E-state index is 0.0287. The Bertz CT molecular complexity index is 470. The fourth-order valence-electron chi connectivity index (χ4n) is 2.89. The van der Waals surface area contributed by atoms with Crippen molar-refractivity contribution in [3.63, 3.8) is 0 Å². The van der Waals surface area contributed by atoms with Gasteiger partial charge in [0.1, 0.15) is 11.6 Å². The quantitative estimate of drug-likeness (QED) is 0.825. The van der Waals surface area contributed by atoms with Crippen LogP contribution in [0.3, 0.4) is 0 Å². The molecule has 0 bridgehead atoms. The van der Waals surface area contributed by atoms with Gasteiger partial charge in [0.2, 0.25) is 0 Å². The van der Waals surface area contributed by atoms with E-state index in [2.05, 4.69) is 11.4 Å². The molecule has 2 nitrogen and oxygen atoms in total. The fourth-order valence-corrected chi connectivity index (χ4v) is 2.89. The normalized spacial score (nSPS) is 20.4. The third-order valence-electron chi connectivity index (χ3n) is 4.00. The van der Waals surface area contributed by atoms with E-state index < -0.39 is 0 Å². The molecule has 1 aromatic rings. The van der Waals surface area contributed by atoms with Gasteiger partial charge in [-0.2, -0.15) is 0 Å². The van der Waals surface area contributed by atoms with Crippen LogP contribution < -0.4 is 10.1 Å². The number of rotatable bonds is 4. The number of hydrogen-bond acceptors (Lipinski definition) is 2. The van der Waals surface area contributed by atoms with Crippen molar-refractivity contribution in [1.82, 2.24) is 5.32 Å². The molecule has 1 aliphatic rings. The average Bonchev–Trinajstić information content (AvgIpc) is 2.42. The molecule has 1 N–H and O–H groups in total. The number of hydrogen-bond donors (Lipinski definition) is 1. The Morgan fingerprint density at radius 3 is 2.70 bits per heavy atom. The van der Waals surface area contributed by atoms with Gasteiger partial charge in [-0.05, 0) is 38.8 Å². The third-order valence-corrected chi connectivity index (χ3v) is 4.00.